The molecule has 4 aromatic carbocycles. The minimum absolute atomic E-state index is 0. The molecule has 0 aliphatic heterocycles. The van der Waals surface area contributed by atoms with Crippen molar-refractivity contribution in [2.24, 2.45) is 0 Å². The summed E-state index contributed by atoms with van der Waals surface area (Å²) >= 11 is 45.5. The summed E-state index contributed by atoms with van der Waals surface area (Å²) in [6, 6.07) is 32.6. The maximum atomic E-state index is 4.99. The van der Waals surface area contributed by atoms with Crippen molar-refractivity contribution in [3.63, 3.8) is 0 Å². The Kier molecular flexibility index (Phi) is 78.8. The summed E-state index contributed by atoms with van der Waals surface area (Å²) in [4.78, 5) is 0. The van der Waals surface area contributed by atoms with E-state index in [2.05, 4.69) is 89.5 Å². The first kappa shape index (κ1) is 96.4. The molecule has 0 unspecified atom stereocenters. The quantitative estimate of drug-likeness (QED) is 0.0461. The molecular weight excluding hydrogens is 1600 g/mol. The van der Waals surface area contributed by atoms with E-state index < -0.39 is 24.5 Å². The Labute approximate surface area is 574 Å². The standard InChI is InChI=1S/4C7H7N.4C4H11O2PS2.4Mo.4H2S/c4*1-6-2-4-7(8)5-3-6;4*1-3-5-7(8,9)6-4-2;;;;;;;;/h4*2-5H,1H3;4*3-4H2,1-2H3,(H,8,9);;;;;4*1H2/q4*+1;;;;;;;;;;;;/p-8. The van der Waals surface area contributed by atoms with Gasteiger partial charge in [0.1, 0.15) is 0 Å². The maximum Gasteiger partial charge on any atom is -0.813 e. The van der Waals surface area contributed by atoms with Crippen LogP contribution in [0.5, 0.6) is 0 Å². The topological polar surface area (TPSA) is 91.3 Å². The van der Waals surface area contributed by atoms with Gasteiger partial charge in [-0.2, -0.15) is 0 Å². The molecule has 0 fully saturated rings. The summed E-state index contributed by atoms with van der Waals surface area (Å²) in [5.74, 6) is 0. The van der Waals surface area contributed by atoms with E-state index in [0.717, 1.165) is 22.7 Å². The largest absolute Gasteiger partial charge is 0.813 e. The van der Waals surface area contributed by atoms with Gasteiger partial charge in [-0.1, -0.05) is 0 Å². The Bertz CT molecular complexity index is 1810. The molecule has 76 heavy (non-hydrogen) atoms. The van der Waals surface area contributed by atoms with Crippen molar-refractivity contribution < 1.29 is 114 Å². The van der Waals surface area contributed by atoms with E-state index >= 15 is 0 Å². The molecule has 0 aliphatic rings. The molecule has 0 saturated carbocycles. The Morgan fingerprint density at radius 1 is 0.276 bits per heavy atom. The zero-order valence-electron chi connectivity index (χ0n) is 44.4. The van der Waals surface area contributed by atoms with E-state index in [1.54, 1.807) is 77.8 Å². The molecule has 0 aromatic heterocycles. The second-order valence-corrected chi connectivity index (χ2v) is 34.6. The van der Waals surface area contributed by atoms with Crippen LogP contribution in [0.2, 0.25) is 0 Å². The van der Waals surface area contributed by atoms with Gasteiger partial charge in [-0.15, -0.1) is 0 Å². The fourth-order valence-electron chi connectivity index (χ4n) is 3.84. The van der Waals surface area contributed by atoms with Gasteiger partial charge in [0.05, 0.1) is 52.9 Å². The van der Waals surface area contributed by atoms with Gasteiger partial charge in [-0.3, -0.25) is 36.2 Å². The van der Waals surface area contributed by atoms with Crippen LogP contribution >= 0.6 is 24.5 Å². The third kappa shape index (κ3) is 65.6. The number of thiol groups is 4. The van der Waals surface area contributed by atoms with Crippen molar-refractivity contribution in [3.05, 3.63) is 133 Å². The molecule has 0 bridgehead atoms. The average molecular weight is 1680 g/mol. The van der Waals surface area contributed by atoms with Crippen LogP contribution in [0.3, 0.4) is 0 Å². The molecule has 0 radical (unpaired) electrons. The van der Waals surface area contributed by atoms with E-state index in [1.807, 2.05) is 104 Å². The third-order valence-corrected chi connectivity index (χ3v) is 18.6. The Hall–Kier alpha value is 4.07. The first-order valence-electron chi connectivity index (χ1n) is 21.8. The first-order chi connectivity index (χ1) is 33.8. The number of hydrogen-bond donors (Lipinski definition) is 0. The molecule has 12 nitrogen and oxygen atoms in total. The molecule has 0 aliphatic carbocycles. The van der Waals surface area contributed by atoms with Crippen LogP contribution in [0.1, 0.15) is 77.6 Å². The second-order valence-electron chi connectivity index (χ2n) is 12.8. The van der Waals surface area contributed by atoms with Crippen LogP contribution in [0.4, 0.5) is 22.7 Å². The van der Waals surface area contributed by atoms with Crippen molar-refractivity contribution in [3.8, 4) is 0 Å². The van der Waals surface area contributed by atoms with E-state index in [-0.39, 0.29) is 54.0 Å². The van der Waals surface area contributed by atoms with Crippen molar-refractivity contribution in [1.29, 1.82) is 0 Å². The fourth-order valence-corrected chi connectivity index (χ4v) is 12.9. The second kappa shape index (κ2) is 62.1. The van der Waals surface area contributed by atoms with Gasteiger partial charge in [0.2, 0.25) is 0 Å². The van der Waals surface area contributed by atoms with Crippen molar-refractivity contribution >= 4 is 199 Å². The predicted molar refractivity (Wildman–Crippen MR) is 351 cm³/mol. The van der Waals surface area contributed by atoms with Gasteiger partial charge in [-0.05, 0) is 55.4 Å². The van der Waals surface area contributed by atoms with E-state index in [9.17, 15) is 0 Å². The fraction of sp³-hybridized carbons (Fsp3) is 0.455. The zero-order valence-corrected chi connectivity index (χ0v) is 66.1. The molecule has 0 N–H and O–H groups in total. The number of rotatable bonds is 16. The number of benzene rings is 4. The number of nitrogens with zero attached hydrogens (tertiary/aromatic N) is 4. The molecule has 0 atom stereocenters. The van der Waals surface area contributed by atoms with E-state index in [1.165, 1.54) is 22.3 Å². The summed E-state index contributed by atoms with van der Waals surface area (Å²) in [5, 5.41) is 0. The van der Waals surface area contributed by atoms with Gasteiger partial charge < -0.3 is 152 Å². The Balaban J connectivity index is -0.000000115. The minimum Gasteiger partial charge on any atom is -0.813 e. The van der Waals surface area contributed by atoms with E-state index in [4.69, 9.17) is 134 Å². The Morgan fingerprint density at radius 2 is 0.382 bits per heavy atom. The number of aryl methyl sites for hydroxylation is 4. The molecule has 4 aromatic rings. The van der Waals surface area contributed by atoms with E-state index in [0.29, 0.717) is 52.9 Å². The molecule has 0 amide bonds. The van der Waals surface area contributed by atoms with Crippen molar-refractivity contribution in [1.82, 2.24) is 0 Å². The third-order valence-electron chi connectivity index (χ3n) is 6.86. The molecule has 436 valence electrons. The van der Waals surface area contributed by atoms with Crippen LogP contribution in [0.15, 0.2) is 97.1 Å². The van der Waals surface area contributed by atoms with Crippen molar-refractivity contribution in [2.45, 2.75) is 83.1 Å². The van der Waals surface area contributed by atoms with Gasteiger partial charge >= 0.3 is 261 Å². The summed E-state index contributed by atoms with van der Waals surface area (Å²) in [6.07, 6.45) is -9.10. The van der Waals surface area contributed by atoms with Crippen LogP contribution in [0, 0.1) is 27.7 Å². The SMILES string of the molecule is CCO[P+]([S-])([S-])OCC.CCO[P+]([S-])([S-])OCC.CCO[P+]([S-])([S-])OCC.CCO[P+]([S-])([S-])OCC.Cc1ccc([N+]#[Mo])cc1.Cc1ccc([N+]#[Mo])cc1.Cc1ccc([N+]#[Mo])cc1.Cc1ccc([N+]#[Mo])cc1.[SH-].[SH-].[SH-].[SH-]. The molecular formula is C44H72Mo4N4O8P4S12-4. The summed E-state index contributed by atoms with van der Waals surface area (Å²) < 4.78 is 56.0. The predicted octanol–water partition coefficient (Wildman–Crippen LogP) is 16.1. The van der Waals surface area contributed by atoms with Gasteiger partial charge in [0.15, 0.2) is 0 Å². The average Bonchev–Trinajstić information content (AvgIpc) is 3.31. The zero-order chi connectivity index (χ0) is 56.1. The van der Waals surface area contributed by atoms with Gasteiger partial charge in [0, 0.05) is 24.5 Å². The van der Waals surface area contributed by atoms with Crippen LogP contribution in [0.25, 0.3) is 13.2 Å². The minimum atomic E-state index is -2.28. The summed E-state index contributed by atoms with van der Waals surface area (Å²) in [7, 11) is 0. The molecule has 4 rings (SSSR count). The molecule has 0 saturated heterocycles. The van der Waals surface area contributed by atoms with Crippen molar-refractivity contribution in [2.75, 3.05) is 52.9 Å². The van der Waals surface area contributed by atoms with Gasteiger partial charge in [-0.25, -0.2) is 0 Å². The first-order valence-corrected chi connectivity index (χ1v) is 40.0. The Morgan fingerprint density at radius 3 is 0.461 bits per heavy atom. The molecule has 32 heteroatoms. The monoisotopic (exact) mass is 1680 g/mol. The van der Waals surface area contributed by atoms with Crippen LogP contribution in [-0.2, 0) is 266 Å². The van der Waals surface area contributed by atoms with Crippen LogP contribution in [-0.4, -0.2) is 52.9 Å². The van der Waals surface area contributed by atoms with Gasteiger partial charge in [0.25, 0.3) is 0 Å². The maximum absolute atomic E-state index is 4.99. The molecule has 0 spiro atoms. The molecule has 0 heterocycles. The normalized spacial score (nSPS) is 9.68. The smallest absolute Gasteiger partial charge is 0.813 e. The number of hydrogen-bond acceptors (Lipinski definition) is 20. The summed E-state index contributed by atoms with van der Waals surface area (Å²) in [5.41, 5.74) is 9.31. The summed E-state index contributed by atoms with van der Waals surface area (Å²) in [6.45, 7) is 27.4. The van der Waals surface area contributed by atoms with Crippen LogP contribution < -0.4 is 0 Å².